The summed E-state index contributed by atoms with van der Waals surface area (Å²) >= 11 is 7.81. The van der Waals surface area contributed by atoms with Crippen LogP contribution in [0.3, 0.4) is 0 Å². The first kappa shape index (κ1) is 36.3. The van der Waals surface area contributed by atoms with E-state index in [-0.39, 0.29) is 29.0 Å². The van der Waals surface area contributed by atoms with E-state index in [9.17, 15) is 19.2 Å². The molecule has 0 bridgehead atoms. The molecular weight excluding hydrogens is 762 g/mol. The van der Waals surface area contributed by atoms with E-state index in [4.69, 9.17) is 4.74 Å². The highest BCUT2D eigenvalue weighted by Crippen LogP contribution is 2.36. The van der Waals surface area contributed by atoms with Gasteiger partial charge in [0.05, 0.1) is 27.8 Å². The third-order valence-electron chi connectivity index (χ3n) is 6.81. The van der Waals surface area contributed by atoms with Gasteiger partial charge in [0.1, 0.15) is 11.3 Å². The van der Waals surface area contributed by atoms with Gasteiger partial charge in [-0.05, 0) is 79.8 Å². The molecule has 3 aromatic carbocycles. The Kier molecular flexibility index (Phi) is 13.3. The highest BCUT2D eigenvalue weighted by Gasteiger charge is 2.35. The molecule has 0 spiro atoms. The Bertz CT molecular complexity index is 1760. The Morgan fingerprint density at radius 3 is 2.17 bits per heavy atom. The van der Waals surface area contributed by atoms with E-state index >= 15 is 0 Å². The number of amides is 3. The van der Waals surface area contributed by atoms with Crippen LogP contribution in [-0.2, 0) is 23.9 Å². The molecule has 9 nitrogen and oxygen atoms in total. The molecular formula is C36H31Br2N3O6S. The fourth-order valence-electron chi connectivity index (χ4n) is 4.55. The monoisotopic (exact) mass is 791 g/mol. The second-order valence-electron chi connectivity index (χ2n) is 10.00. The average Bonchev–Trinajstić information content (AvgIpc) is 3.09. The maximum Gasteiger partial charge on any atom is 0.343 e. The van der Waals surface area contributed by atoms with Crippen molar-refractivity contribution in [1.29, 1.82) is 0 Å². The number of amidine groups is 1. The number of ether oxygens (including phenoxy) is 2. The van der Waals surface area contributed by atoms with E-state index in [0.717, 1.165) is 22.9 Å². The predicted molar refractivity (Wildman–Crippen MR) is 195 cm³/mol. The van der Waals surface area contributed by atoms with Crippen molar-refractivity contribution < 1.29 is 28.7 Å². The van der Waals surface area contributed by atoms with Gasteiger partial charge < -0.3 is 14.8 Å². The molecule has 12 heteroatoms. The van der Waals surface area contributed by atoms with Crippen LogP contribution in [0.25, 0.3) is 6.08 Å². The van der Waals surface area contributed by atoms with Crippen LogP contribution < -0.4 is 10.1 Å². The van der Waals surface area contributed by atoms with Gasteiger partial charge in [0.15, 0.2) is 11.8 Å². The highest BCUT2D eigenvalue weighted by molar-refractivity contribution is 9.11. The predicted octanol–water partition coefficient (Wildman–Crippen LogP) is 7.16. The van der Waals surface area contributed by atoms with Crippen molar-refractivity contribution >= 4 is 78.6 Å². The Hall–Kier alpha value is -4.52. The van der Waals surface area contributed by atoms with Gasteiger partial charge in [0.2, 0.25) is 5.91 Å². The fourth-order valence-corrected chi connectivity index (χ4v) is 6.81. The molecule has 0 aromatic heterocycles. The number of methoxy groups -OCH3 is 1. The van der Waals surface area contributed by atoms with Crippen LogP contribution in [0.15, 0.2) is 129 Å². The number of allylic oxidation sites excluding steroid dienone is 4. The zero-order valence-electron chi connectivity index (χ0n) is 26.0. The lowest BCUT2D eigenvalue weighted by Gasteiger charge is -2.28. The molecule has 0 aliphatic carbocycles. The zero-order chi connectivity index (χ0) is 34.6. The number of halogens is 2. The van der Waals surface area contributed by atoms with Gasteiger partial charge in [0, 0.05) is 5.70 Å². The van der Waals surface area contributed by atoms with Gasteiger partial charge in [-0.1, -0.05) is 97.2 Å². The smallest absolute Gasteiger partial charge is 0.343 e. The van der Waals surface area contributed by atoms with Gasteiger partial charge >= 0.3 is 5.97 Å². The molecule has 48 heavy (non-hydrogen) atoms. The Morgan fingerprint density at radius 2 is 1.62 bits per heavy atom. The zero-order valence-corrected chi connectivity index (χ0v) is 30.0. The summed E-state index contributed by atoms with van der Waals surface area (Å²) in [5.74, 6) is -2.01. The second kappa shape index (κ2) is 17.6. The van der Waals surface area contributed by atoms with Crippen LogP contribution in [0, 0.1) is 0 Å². The number of benzene rings is 3. The summed E-state index contributed by atoms with van der Waals surface area (Å²) in [6.45, 7) is 5.14. The summed E-state index contributed by atoms with van der Waals surface area (Å²) in [5.41, 5.74) is 2.55. The minimum Gasteiger partial charge on any atom is -0.480 e. The lowest BCUT2D eigenvalue weighted by molar-refractivity contribution is -0.143. The van der Waals surface area contributed by atoms with Crippen molar-refractivity contribution in [1.82, 2.24) is 10.2 Å². The third kappa shape index (κ3) is 9.30. The van der Waals surface area contributed by atoms with Crippen molar-refractivity contribution in [3.8, 4) is 5.75 Å². The maximum atomic E-state index is 14.0. The Labute approximate surface area is 299 Å². The number of rotatable bonds is 12. The third-order valence-corrected chi connectivity index (χ3v) is 8.92. The number of thioether (sulfide) groups is 1. The number of nitrogens with one attached hydrogen (secondary N) is 1. The van der Waals surface area contributed by atoms with Gasteiger partial charge in [-0.25, -0.2) is 4.79 Å². The second-order valence-corrected chi connectivity index (χ2v) is 12.6. The summed E-state index contributed by atoms with van der Waals surface area (Å²) < 4.78 is 11.1. The van der Waals surface area contributed by atoms with Crippen LogP contribution in [0.5, 0.6) is 5.75 Å². The summed E-state index contributed by atoms with van der Waals surface area (Å²) in [7, 11) is 1.26. The number of hydrogen-bond donors (Lipinski definition) is 1. The average molecular weight is 794 g/mol. The molecule has 0 saturated carbocycles. The molecule has 1 heterocycles. The molecule has 0 atom stereocenters. The van der Waals surface area contributed by atoms with Crippen LogP contribution in [0.1, 0.15) is 29.7 Å². The lowest BCUT2D eigenvalue weighted by Crippen LogP contribution is -2.42. The first-order valence-electron chi connectivity index (χ1n) is 14.5. The number of nitrogens with zero attached hydrogens (tertiary/aromatic N) is 2. The molecule has 1 N–H and O–H groups in total. The van der Waals surface area contributed by atoms with E-state index in [2.05, 4.69) is 53.5 Å². The van der Waals surface area contributed by atoms with Crippen molar-refractivity contribution in [2.75, 3.05) is 19.5 Å². The molecule has 3 amide bonds. The first-order chi connectivity index (χ1) is 23.2. The normalized spacial score (nSPS) is 14.4. The van der Waals surface area contributed by atoms with Gasteiger partial charge in [-0.15, -0.1) is 0 Å². The maximum absolute atomic E-state index is 14.0. The topological polar surface area (TPSA) is 114 Å². The lowest BCUT2D eigenvalue weighted by atomic mass is 9.99. The molecule has 1 aliphatic heterocycles. The largest absolute Gasteiger partial charge is 0.480 e. The molecule has 1 aliphatic rings. The summed E-state index contributed by atoms with van der Waals surface area (Å²) in [6.07, 6.45) is 8.00. The SMILES string of the molecule is C=C/C=C\C(=C/C)N1C(=O)/C(=C/c2cc(Br)c(OCC(=O)OC)c(Br)c2)C(=O)N=C1SCC(=O)NC(c1ccccc1)c1ccccc1. The van der Waals surface area contributed by atoms with Crippen LogP contribution in [0.2, 0.25) is 0 Å². The van der Waals surface area contributed by atoms with Crippen LogP contribution >= 0.6 is 43.6 Å². The standard InChI is InChI=1S/C36H31Br2N3O6S/c1-4-6-17-26(5-2)41-35(45)27(18-23-19-28(37)33(29(38)20-23)47-21-31(43)46-3)34(44)40-36(41)48-22-30(42)39-32(24-13-9-7-10-14-24)25-15-11-8-12-16-25/h4-20,32H,1,21-22H2,2-3H3,(H,39,42)/b17-6-,26-5+,27-18+. The summed E-state index contributed by atoms with van der Waals surface area (Å²) in [6, 6.07) is 22.1. The molecule has 0 unspecified atom stereocenters. The van der Waals surface area contributed by atoms with E-state index in [1.165, 1.54) is 18.1 Å². The Balaban J connectivity index is 1.62. The number of carbonyl (C=O) groups excluding carboxylic acids is 4. The van der Waals surface area contributed by atoms with Crippen molar-refractivity contribution in [3.05, 3.63) is 141 Å². The summed E-state index contributed by atoms with van der Waals surface area (Å²) in [5, 5.41) is 3.14. The first-order valence-corrected chi connectivity index (χ1v) is 17.1. The number of hydrogen-bond acceptors (Lipinski definition) is 7. The van der Waals surface area contributed by atoms with Gasteiger partial charge in [0.25, 0.3) is 11.8 Å². The van der Waals surface area contributed by atoms with E-state index in [1.54, 1.807) is 43.4 Å². The van der Waals surface area contributed by atoms with E-state index in [0.29, 0.717) is 26.0 Å². The van der Waals surface area contributed by atoms with Crippen molar-refractivity contribution in [2.24, 2.45) is 4.99 Å². The molecule has 0 fully saturated rings. The molecule has 0 saturated heterocycles. The molecule has 3 aromatic rings. The Morgan fingerprint density at radius 1 is 1.02 bits per heavy atom. The van der Waals surface area contributed by atoms with E-state index < -0.39 is 23.8 Å². The van der Waals surface area contributed by atoms with E-state index in [1.807, 2.05) is 60.7 Å². The highest BCUT2D eigenvalue weighted by atomic mass is 79.9. The summed E-state index contributed by atoms with van der Waals surface area (Å²) in [4.78, 5) is 57.8. The molecule has 246 valence electrons. The minimum atomic E-state index is -0.757. The molecule has 4 rings (SSSR count). The van der Waals surface area contributed by atoms with Crippen molar-refractivity contribution in [3.63, 3.8) is 0 Å². The quantitative estimate of drug-likeness (QED) is 0.0897. The number of carbonyl (C=O) groups is 4. The van der Waals surface area contributed by atoms with Gasteiger partial charge in [-0.2, -0.15) is 4.99 Å². The number of esters is 1. The van der Waals surface area contributed by atoms with Crippen LogP contribution in [0.4, 0.5) is 0 Å². The fraction of sp³-hybridized carbons (Fsp3) is 0.139. The van der Waals surface area contributed by atoms with Crippen molar-refractivity contribution in [2.45, 2.75) is 13.0 Å². The van der Waals surface area contributed by atoms with Gasteiger partial charge in [-0.3, -0.25) is 19.3 Å². The number of aliphatic imine (C=N–C) groups is 1. The molecule has 0 radical (unpaired) electrons. The van der Waals surface area contributed by atoms with Crippen LogP contribution in [-0.4, -0.2) is 53.2 Å². The minimum absolute atomic E-state index is 0.0593.